The molecular weight excluding hydrogens is 322 g/mol. The van der Waals surface area contributed by atoms with Crippen LogP contribution in [0.4, 0.5) is 0 Å². The largest absolute Gasteiger partial charge is 0.488 e. The van der Waals surface area contributed by atoms with Crippen LogP contribution in [0, 0.1) is 0 Å². The van der Waals surface area contributed by atoms with E-state index in [1.54, 1.807) is 18.2 Å². The van der Waals surface area contributed by atoms with Crippen LogP contribution in [0.3, 0.4) is 0 Å². The van der Waals surface area contributed by atoms with E-state index in [2.05, 4.69) is 15.9 Å². The van der Waals surface area contributed by atoms with Crippen molar-refractivity contribution in [2.75, 3.05) is 12.5 Å². The van der Waals surface area contributed by atoms with Gasteiger partial charge in [0.1, 0.15) is 12.4 Å². The molecule has 0 spiro atoms. The van der Waals surface area contributed by atoms with E-state index in [1.807, 2.05) is 6.08 Å². The molecule has 1 rings (SSSR count). The fraction of sp³-hybridized carbons (Fsp3) is 0.200. The summed E-state index contributed by atoms with van der Waals surface area (Å²) >= 11 is 20.6. The molecule has 0 atom stereocenters. The van der Waals surface area contributed by atoms with E-state index in [0.717, 1.165) is 4.47 Å². The molecule has 5 heteroatoms. The number of benzene rings is 1. The van der Waals surface area contributed by atoms with E-state index in [0.29, 0.717) is 28.3 Å². The number of halogens is 4. The van der Waals surface area contributed by atoms with Crippen molar-refractivity contribution >= 4 is 50.7 Å². The fourth-order valence-electron chi connectivity index (χ4n) is 0.884. The minimum Gasteiger partial charge on any atom is -0.488 e. The van der Waals surface area contributed by atoms with Crippen molar-refractivity contribution in [2.45, 2.75) is 0 Å². The molecule has 82 valence electrons. The Morgan fingerprint density at radius 1 is 1.20 bits per heavy atom. The van der Waals surface area contributed by atoms with Gasteiger partial charge >= 0.3 is 0 Å². The third-order valence-corrected chi connectivity index (χ3v) is 3.24. The maximum absolute atomic E-state index is 5.95. The van der Waals surface area contributed by atoms with Crippen molar-refractivity contribution < 1.29 is 4.74 Å². The van der Waals surface area contributed by atoms with Crippen molar-refractivity contribution in [2.24, 2.45) is 0 Å². The Labute approximate surface area is 112 Å². The summed E-state index contributed by atoms with van der Waals surface area (Å²) in [6.45, 7) is 0.421. The second-order valence-corrected chi connectivity index (χ2v) is 4.61. The van der Waals surface area contributed by atoms with Crippen LogP contribution in [0.5, 0.6) is 5.75 Å². The molecule has 1 aromatic rings. The molecule has 0 bridgehead atoms. The van der Waals surface area contributed by atoms with Crippen LogP contribution in [0.1, 0.15) is 0 Å². The molecule has 0 aliphatic carbocycles. The Morgan fingerprint density at radius 2 is 1.93 bits per heavy atom. The summed E-state index contributed by atoms with van der Waals surface area (Å²) in [5.41, 5.74) is 0. The molecule has 0 radical (unpaired) electrons. The molecule has 0 aromatic heterocycles. The zero-order chi connectivity index (χ0) is 11.3. The fourth-order valence-corrected chi connectivity index (χ4v) is 1.86. The monoisotopic (exact) mass is 328 g/mol. The van der Waals surface area contributed by atoms with Crippen LogP contribution in [0.2, 0.25) is 10.0 Å². The maximum atomic E-state index is 5.95. The van der Waals surface area contributed by atoms with Gasteiger partial charge in [0.05, 0.1) is 10.0 Å². The molecule has 0 N–H and O–H groups in total. The van der Waals surface area contributed by atoms with Crippen molar-refractivity contribution in [1.29, 1.82) is 0 Å². The van der Waals surface area contributed by atoms with E-state index in [1.165, 1.54) is 0 Å². The van der Waals surface area contributed by atoms with E-state index in [9.17, 15) is 0 Å². The summed E-state index contributed by atoms with van der Waals surface area (Å²) in [4.78, 5) is 0. The average molecular weight is 330 g/mol. The Bertz CT molecular complexity index is 366. The number of rotatable bonds is 4. The van der Waals surface area contributed by atoms with Crippen molar-refractivity contribution in [3.8, 4) is 5.75 Å². The molecule has 0 aliphatic rings. The molecule has 15 heavy (non-hydrogen) atoms. The van der Waals surface area contributed by atoms with E-state index in [4.69, 9.17) is 39.5 Å². The smallest absolute Gasteiger partial charge is 0.139 e. The Balaban J connectivity index is 2.69. The SMILES string of the molecule is ClC/C=C/COc1cc(Cl)c(Br)cc1Cl. The first-order valence-corrected chi connectivity index (χ1v) is 6.21. The van der Waals surface area contributed by atoms with Crippen LogP contribution in [-0.2, 0) is 0 Å². The lowest BCUT2D eigenvalue weighted by atomic mass is 10.3. The minimum absolute atomic E-state index is 0.421. The highest BCUT2D eigenvalue weighted by molar-refractivity contribution is 9.10. The molecule has 1 nitrogen and oxygen atoms in total. The number of alkyl halides is 1. The molecule has 0 unspecified atom stereocenters. The van der Waals surface area contributed by atoms with Crippen LogP contribution in [0.25, 0.3) is 0 Å². The predicted molar refractivity (Wildman–Crippen MR) is 69.5 cm³/mol. The summed E-state index contributed by atoms with van der Waals surface area (Å²) in [6, 6.07) is 3.37. The first-order valence-electron chi connectivity index (χ1n) is 4.13. The van der Waals surface area contributed by atoms with Gasteiger partial charge in [-0.2, -0.15) is 0 Å². The van der Waals surface area contributed by atoms with Gasteiger partial charge in [-0.3, -0.25) is 0 Å². The molecule has 0 amide bonds. The number of ether oxygens (including phenoxy) is 1. The van der Waals surface area contributed by atoms with Crippen LogP contribution in [-0.4, -0.2) is 12.5 Å². The second kappa shape index (κ2) is 6.64. The van der Waals surface area contributed by atoms with Gasteiger partial charge in [-0.1, -0.05) is 35.4 Å². The standard InChI is InChI=1S/C10H8BrCl3O/c11-7-5-9(14)10(6-8(7)13)15-4-2-1-3-12/h1-2,5-6H,3-4H2/b2-1+. The minimum atomic E-state index is 0.421. The lowest BCUT2D eigenvalue weighted by Crippen LogP contribution is -1.94. The summed E-state index contributed by atoms with van der Waals surface area (Å²) in [5.74, 6) is 1.03. The highest BCUT2D eigenvalue weighted by Gasteiger charge is 2.05. The zero-order valence-electron chi connectivity index (χ0n) is 7.64. The topological polar surface area (TPSA) is 9.23 Å². The lowest BCUT2D eigenvalue weighted by Gasteiger charge is -2.07. The van der Waals surface area contributed by atoms with Gasteiger partial charge in [-0.25, -0.2) is 0 Å². The van der Waals surface area contributed by atoms with E-state index >= 15 is 0 Å². The Morgan fingerprint density at radius 3 is 2.60 bits per heavy atom. The predicted octanol–water partition coefficient (Wildman–Crippen LogP) is 4.93. The molecule has 0 saturated heterocycles. The zero-order valence-corrected chi connectivity index (χ0v) is 11.5. The normalized spacial score (nSPS) is 10.9. The summed E-state index contributed by atoms with van der Waals surface area (Å²) in [5, 5.41) is 1.08. The lowest BCUT2D eigenvalue weighted by molar-refractivity contribution is 0.363. The van der Waals surface area contributed by atoms with E-state index < -0.39 is 0 Å². The molecule has 1 aromatic carbocycles. The van der Waals surface area contributed by atoms with Crippen LogP contribution < -0.4 is 4.74 Å². The molecule has 0 heterocycles. The van der Waals surface area contributed by atoms with Gasteiger partial charge in [-0.15, -0.1) is 11.6 Å². The maximum Gasteiger partial charge on any atom is 0.139 e. The van der Waals surface area contributed by atoms with Gasteiger partial charge in [0, 0.05) is 16.4 Å². The van der Waals surface area contributed by atoms with Crippen molar-refractivity contribution in [3.05, 3.63) is 38.8 Å². The second-order valence-electron chi connectivity index (χ2n) is 2.63. The first-order chi connectivity index (χ1) is 7.15. The van der Waals surface area contributed by atoms with Crippen LogP contribution >= 0.6 is 50.7 Å². The molecule has 0 fully saturated rings. The third-order valence-electron chi connectivity index (χ3n) is 1.57. The first kappa shape index (κ1) is 13.2. The number of hydrogen-bond donors (Lipinski definition) is 0. The van der Waals surface area contributed by atoms with Crippen LogP contribution in [0.15, 0.2) is 28.8 Å². The Kier molecular flexibility index (Phi) is 5.83. The molecule has 0 saturated carbocycles. The number of allylic oxidation sites excluding steroid dienone is 1. The van der Waals surface area contributed by atoms with E-state index in [-0.39, 0.29) is 0 Å². The van der Waals surface area contributed by atoms with Gasteiger partial charge in [0.25, 0.3) is 0 Å². The number of hydrogen-bond acceptors (Lipinski definition) is 1. The third kappa shape index (κ3) is 4.23. The highest BCUT2D eigenvalue weighted by atomic mass is 79.9. The Hall–Kier alpha value is 0.110. The quantitative estimate of drug-likeness (QED) is 0.432. The summed E-state index contributed by atoms with van der Waals surface area (Å²) < 4.78 is 6.14. The summed E-state index contributed by atoms with van der Waals surface area (Å²) in [6.07, 6.45) is 3.62. The molecular formula is C10H8BrCl3O. The summed E-state index contributed by atoms with van der Waals surface area (Å²) in [7, 11) is 0. The average Bonchev–Trinajstić information content (AvgIpc) is 2.20. The van der Waals surface area contributed by atoms with Gasteiger partial charge in [0.15, 0.2) is 0 Å². The van der Waals surface area contributed by atoms with Gasteiger partial charge < -0.3 is 4.74 Å². The van der Waals surface area contributed by atoms with Gasteiger partial charge in [0.2, 0.25) is 0 Å². The highest BCUT2D eigenvalue weighted by Crippen LogP contribution is 2.33. The molecule has 0 aliphatic heterocycles. The van der Waals surface area contributed by atoms with Crippen molar-refractivity contribution in [1.82, 2.24) is 0 Å². The van der Waals surface area contributed by atoms with Gasteiger partial charge in [-0.05, 0) is 22.0 Å². The van der Waals surface area contributed by atoms with Crippen molar-refractivity contribution in [3.63, 3.8) is 0 Å².